The predicted molar refractivity (Wildman–Crippen MR) is 80.3 cm³/mol. The van der Waals surface area contributed by atoms with Gasteiger partial charge in [-0.05, 0) is 36.2 Å². The van der Waals surface area contributed by atoms with Crippen molar-refractivity contribution in [3.05, 3.63) is 59.7 Å². The second-order valence-electron chi connectivity index (χ2n) is 4.86. The van der Waals surface area contributed by atoms with Gasteiger partial charge in [-0.25, -0.2) is 9.37 Å². The van der Waals surface area contributed by atoms with E-state index in [9.17, 15) is 9.18 Å². The van der Waals surface area contributed by atoms with Gasteiger partial charge in [0.05, 0.1) is 5.69 Å². The Kier molecular flexibility index (Phi) is 3.74. The van der Waals surface area contributed by atoms with Gasteiger partial charge in [-0.15, -0.1) is 0 Å². The molecular formula is C16H14FN3O2. The highest BCUT2D eigenvalue weighted by Crippen LogP contribution is 2.26. The van der Waals surface area contributed by atoms with Crippen LogP contribution in [-0.2, 0) is 11.3 Å². The SMILES string of the molecule is Cc1cc(CNc2ccc3nccn3c2OC=O)ccc1F. The van der Waals surface area contributed by atoms with Gasteiger partial charge in [0, 0.05) is 18.9 Å². The zero-order valence-corrected chi connectivity index (χ0v) is 11.9. The van der Waals surface area contributed by atoms with Gasteiger partial charge in [0.1, 0.15) is 11.5 Å². The van der Waals surface area contributed by atoms with Crippen molar-refractivity contribution in [1.82, 2.24) is 9.38 Å². The molecule has 22 heavy (non-hydrogen) atoms. The van der Waals surface area contributed by atoms with Gasteiger partial charge in [0.2, 0.25) is 5.88 Å². The third-order valence-corrected chi connectivity index (χ3v) is 3.38. The van der Waals surface area contributed by atoms with Crippen LogP contribution in [0.1, 0.15) is 11.1 Å². The Morgan fingerprint density at radius 2 is 2.23 bits per heavy atom. The summed E-state index contributed by atoms with van der Waals surface area (Å²) in [6.45, 7) is 2.58. The number of carbonyl (C=O) groups is 1. The molecule has 5 nitrogen and oxygen atoms in total. The lowest BCUT2D eigenvalue weighted by Gasteiger charge is -2.12. The molecular weight excluding hydrogens is 285 g/mol. The lowest BCUT2D eigenvalue weighted by molar-refractivity contribution is -0.120. The predicted octanol–water partition coefficient (Wildman–Crippen LogP) is 2.93. The minimum absolute atomic E-state index is 0.228. The number of fused-ring (bicyclic) bond motifs is 1. The number of imidazole rings is 1. The highest BCUT2D eigenvalue weighted by molar-refractivity contribution is 5.63. The molecule has 0 spiro atoms. The summed E-state index contributed by atoms with van der Waals surface area (Å²) in [5.41, 5.74) is 2.86. The van der Waals surface area contributed by atoms with E-state index < -0.39 is 0 Å². The van der Waals surface area contributed by atoms with E-state index in [4.69, 9.17) is 4.74 Å². The van der Waals surface area contributed by atoms with E-state index in [1.807, 2.05) is 6.07 Å². The Morgan fingerprint density at radius 3 is 3.00 bits per heavy atom. The number of aryl methyl sites for hydroxylation is 1. The van der Waals surface area contributed by atoms with Gasteiger partial charge in [0.15, 0.2) is 0 Å². The molecule has 0 unspecified atom stereocenters. The van der Waals surface area contributed by atoms with Crippen LogP contribution in [0.15, 0.2) is 42.7 Å². The molecule has 2 aromatic heterocycles. The largest absolute Gasteiger partial charge is 0.409 e. The van der Waals surface area contributed by atoms with E-state index >= 15 is 0 Å². The molecule has 1 aromatic carbocycles. The van der Waals surface area contributed by atoms with E-state index in [0.29, 0.717) is 35.8 Å². The summed E-state index contributed by atoms with van der Waals surface area (Å²) >= 11 is 0. The maximum Gasteiger partial charge on any atom is 0.299 e. The van der Waals surface area contributed by atoms with E-state index in [-0.39, 0.29) is 5.82 Å². The maximum absolute atomic E-state index is 13.3. The van der Waals surface area contributed by atoms with Crippen molar-refractivity contribution in [2.75, 3.05) is 5.32 Å². The Morgan fingerprint density at radius 1 is 1.36 bits per heavy atom. The lowest BCUT2D eigenvalue weighted by atomic mass is 10.1. The second kappa shape index (κ2) is 5.85. The molecule has 0 aliphatic heterocycles. The lowest BCUT2D eigenvalue weighted by Crippen LogP contribution is -2.05. The number of carbonyl (C=O) groups excluding carboxylic acids is 1. The molecule has 0 fully saturated rings. The molecule has 0 saturated carbocycles. The fraction of sp³-hybridized carbons (Fsp3) is 0.125. The van der Waals surface area contributed by atoms with Gasteiger partial charge in [0.25, 0.3) is 6.47 Å². The molecule has 0 aliphatic carbocycles. The highest BCUT2D eigenvalue weighted by Gasteiger charge is 2.09. The minimum Gasteiger partial charge on any atom is -0.409 e. The van der Waals surface area contributed by atoms with Crippen molar-refractivity contribution in [1.29, 1.82) is 0 Å². The quantitative estimate of drug-likeness (QED) is 0.736. The molecule has 0 amide bonds. The Balaban J connectivity index is 1.87. The first-order valence-corrected chi connectivity index (χ1v) is 6.74. The van der Waals surface area contributed by atoms with Crippen molar-refractivity contribution >= 4 is 17.8 Å². The molecule has 0 radical (unpaired) electrons. The third-order valence-electron chi connectivity index (χ3n) is 3.38. The Hall–Kier alpha value is -2.89. The van der Waals surface area contributed by atoms with Crippen LogP contribution in [0.4, 0.5) is 10.1 Å². The van der Waals surface area contributed by atoms with Crippen LogP contribution in [0.25, 0.3) is 5.65 Å². The van der Waals surface area contributed by atoms with E-state index in [2.05, 4.69) is 10.3 Å². The number of benzene rings is 1. The number of nitrogens with zero attached hydrogens (tertiary/aromatic N) is 2. The molecule has 112 valence electrons. The van der Waals surface area contributed by atoms with Gasteiger partial charge >= 0.3 is 0 Å². The number of nitrogens with one attached hydrogen (secondary N) is 1. The van der Waals surface area contributed by atoms with Crippen LogP contribution in [0.3, 0.4) is 0 Å². The molecule has 6 heteroatoms. The van der Waals surface area contributed by atoms with Crippen LogP contribution < -0.4 is 10.1 Å². The van der Waals surface area contributed by atoms with Crippen molar-refractivity contribution in [2.24, 2.45) is 0 Å². The van der Waals surface area contributed by atoms with E-state index in [0.717, 1.165) is 5.56 Å². The zero-order chi connectivity index (χ0) is 15.5. The molecule has 3 aromatic rings. The monoisotopic (exact) mass is 299 g/mol. The Bertz CT molecular complexity index is 829. The van der Waals surface area contributed by atoms with Crippen LogP contribution in [0.5, 0.6) is 5.88 Å². The smallest absolute Gasteiger partial charge is 0.299 e. The number of rotatable bonds is 5. The van der Waals surface area contributed by atoms with Gasteiger partial charge in [-0.1, -0.05) is 12.1 Å². The fourth-order valence-corrected chi connectivity index (χ4v) is 2.28. The molecule has 3 rings (SSSR count). The topological polar surface area (TPSA) is 55.6 Å². The number of pyridine rings is 1. The summed E-state index contributed by atoms with van der Waals surface area (Å²) in [5, 5.41) is 3.19. The van der Waals surface area contributed by atoms with Crippen molar-refractivity contribution in [3.8, 4) is 5.88 Å². The number of hydrogen-bond acceptors (Lipinski definition) is 4. The normalized spacial score (nSPS) is 10.6. The molecule has 0 atom stereocenters. The fourth-order valence-electron chi connectivity index (χ4n) is 2.28. The summed E-state index contributed by atoms with van der Waals surface area (Å²) in [6, 6.07) is 8.53. The first-order chi connectivity index (χ1) is 10.7. The highest BCUT2D eigenvalue weighted by atomic mass is 19.1. The molecule has 0 aliphatic rings. The second-order valence-corrected chi connectivity index (χ2v) is 4.86. The Labute approximate surface area is 126 Å². The molecule has 2 heterocycles. The van der Waals surface area contributed by atoms with Crippen molar-refractivity contribution < 1.29 is 13.9 Å². The number of ether oxygens (including phenoxy) is 1. The average molecular weight is 299 g/mol. The van der Waals surface area contributed by atoms with E-state index in [1.165, 1.54) is 6.07 Å². The third kappa shape index (κ3) is 2.63. The van der Waals surface area contributed by atoms with Crippen LogP contribution in [0, 0.1) is 12.7 Å². The van der Waals surface area contributed by atoms with Crippen LogP contribution >= 0.6 is 0 Å². The van der Waals surface area contributed by atoms with Gasteiger partial charge in [-0.2, -0.15) is 0 Å². The summed E-state index contributed by atoms with van der Waals surface area (Å²) in [4.78, 5) is 14.9. The maximum atomic E-state index is 13.3. The van der Waals surface area contributed by atoms with Crippen LogP contribution in [0.2, 0.25) is 0 Å². The van der Waals surface area contributed by atoms with Gasteiger partial charge < -0.3 is 10.1 Å². The standard InChI is InChI=1S/C16H14FN3O2/c1-11-8-12(2-3-13(11)17)9-19-14-4-5-15-18-6-7-20(15)16(14)22-10-21/h2-8,10,19H,9H2,1H3. The number of anilines is 1. The number of aromatic nitrogens is 2. The van der Waals surface area contributed by atoms with Crippen molar-refractivity contribution in [2.45, 2.75) is 13.5 Å². The summed E-state index contributed by atoms with van der Waals surface area (Å²) in [5.74, 6) is 0.136. The van der Waals surface area contributed by atoms with Gasteiger partial charge in [-0.3, -0.25) is 9.20 Å². The van der Waals surface area contributed by atoms with Crippen molar-refractivity contribution in [3.63, 3.8) is 0 Å². The zero-order valence-electron chi connectivity index (χ0n) is 11.9. The molecule has 0 bridgehead atoms. The number of halogens is 1. The summed E-state index contributed by atoms with van der Waals surface area (Å²) < 4.78 is 20.0. The molecule has 0 saturated heterocycles. The average Bonchev–Trinajstić information content (AvgIpc) is 2.99. The van der Waals surface area contributed by atoms with E-state index in [1.54, 1.807) is 41.9 Å². The summed E-state index contributed by atoms with van der Waals surface area (Å²) in [7, 11) is 0. The molecule has 1 N–H and O–H groups in total. The first kappa shape index (κ1) is 14.1. The van der Waals surface area contributed by atoms with Crippen LogP contribution in [-0.4, -0.2) is 15.9 Å². The summed E-state index contributed by atoms with van der Waals surface area (Å²) in [6.07, 6.45) is 3.33. The number of hydrogen-bond donors (Lipinski definition) is 1. The first-order valence-electron chi connectivity index (χ1n) is 6.74. The minimum atomic E-state index is -0.228.